The lowest BCUT2D eigenvalue weighted by Gasteiger charge is -2.36. The quantitative estimate of drug-likeness (QED) is 0.0815. The summed E-state index contributed by atoms with van der Waals surface area (Å²) in [6.07, 6.45) is 3.74. The molecule has 9 nitrogen and oxygen atoms in total. The van der Waals surface area contributed by atoms with Gasteiger partial charge in [0.2, 0.25) is 11.8 Å². The van der Waals surface area contributed by atoms with Crippen molar-refractivity contribution >= 4 is 51.6 Å². The Morgan fingerprint density at radius 1 is 0.800 bits per heavy atom. The third-order valence-corrected chi connectivity index (χ3v) is 9.26. The molecule has 0 radical (unpaired) electrons. The Morgan fingerprint density at radius 2 is 1.45 bits per heavy atom. The first-order valence-corrected chi connectivity index (χ1v) is 18.8. The first-order chi connectivity index (χ1) is 26.0. The second-order valence-corrected chi connectivity index (χ2v) is 16.1. The van der Waals surface area contributed by atoms with Gasteiger partial charge in [0, 0.05) is 30.5 Å². The van der Waals surface area contributed by atoms with Crippen LogP contribution in [-0.2, 0) is 30.4 Å². The van der Waals surface area contributed by atoms with E-state index in [2.05, 4.69) is 11.1 Å². The number of fused-ring (bicyclic) bond motifs is 2. The van der Waals surface area contributed by atoms with Crippen LogP contribution < -0.4 is 0 Å². The highest BCUT2D eigenvalue weighted by Crippen LogP contribution is 2.32. The fourth-order valence-electron chi connectivity index (χ4n) is 6.60. The summed E-state index contributed by atoms with van der Waals surface area (Å²) >= 11 is 0. The van der Waals surface area contributed by atoms with Crippen LogP contribution in [0, 0.1) is 5.92 Å². The summed E-state index contributed by atoms with van der Waals surface area (Å²) in [6.45, 7) is 14.3. The summed E-state index contributed by atoms with van der Waals surface area (Å²) in [5, 5.41) is 2.11. The molecule has 4 aromatic carbocycles. The average Bonchev–Trinajstić information content (AvgIpc) is 3.53. The summed E-state index contributed by atoms with van der Waals surface area (Å²) in [7, 11) is 0. The van der Waals surface area contributed by atoms with Gasteiger partial charge in [-0.3, -0.25) is 19.2 Å². The molecule has 5 rings (SSSR count). The molecule has 9 heteroatoms. The van der Waals surface area contributed by atoms with Gasteiger partial charge in [-0.05, 0) is 108 Å². The van der Waals surface area contributed by atoms with Crippen LogP contribution in [0.5, 0.6) is 0 Å². The van der Waals surface area contributed by atoms with Crippen LogP contribution in [0.3, 0.4) is 0 Å². The van der Waals surface area contributed by atoms with Crippen LogP contribution >= 0.6 is 0 Å². The summed E-state index contributed by atoms with van der Waals surface area (Å²) in [6, 6.07) is 28.7. The number of rotatable bonds is 14. The number of amides is 1. The van der Waals surface area contributed by atoms with E-state index < -0.39 is 35.1 Å². The van der Waals surface area contributed by atoms with Crippen LogP contribution in [0.25, 0.3) is 27.9 Å². The molecule has 5 aromatic rings. The molecule has 0 saturated heterocycles. The maximum Gasteiger partial charge on any atom is 0.310 e. The zero-order chi connectivity index (χ0) is 39.9. The van der Waals surface area contributed by atoms with Crippen LogP contribution in [0.2, 0.25) is 0 Å². The lowest BCUT2D eigenvalue weighted by atomic mass is 9.86. The van der Waals surface area contributed by atoms with Crippen LogP contribution in [-0.4, -0.2) is 50.8 Å². The van der Waals surface area contributed by atoms with Crippen molar-refractivity contribution in [3.8, 4) is 0 Å². The number of aromatic nitrogens is 1. The number of allylic oxidation sites excluding steroid dienone is 1. The molecule has 0 saturated carbocycles. The highest BCUT2D eigenvalue weighted by atomic mass is 16.6. The second kappa shape index (κ2) is 17.3. The Morgan fingerprint density at radius 3 is 2.11 bits per heavy atom. The standard InChI is InChI=1S/C46H52N2O7/c1-30(38(35-24-22-33(23-25-35)31(2)49)16-13-19-41-47-39-17-11-12-18-40(39)53-41)48(29-32-20-21-34-14-9-10-15-36(34)26-32)42(50)27-37(44(52)55-46(6,7)8)28-43(51)54-45(3,4)5/h9-15,17-26,30,37-38H,16,27-29H2,1-8H3. The number of carbonyl (C=O) groups excluding carboxylic acids is 4. The SMILES string of the molecule is CC(=O)c1ccc(C(CC=Cc2nc3ccccc3o2)C(C)N(Cc2ccc3ccccc3c2)C(=O)CC(CC(=O)OC(C)(C)C)C(=O)OC(C)(C)C)cc1. The smallest absolute Gasteiger partial charge is 0.310 e. The molecule has 3 atom stereocenters. The van der Waals surface area contributed by atoms with Crippen molar-refractivity contribution in [2.45, 2.75) is 104 Å². The maximum atomic E-state index is 14.8. The molecule has 55 heavy (non-hydrogen) atoms. The number of para-hydroxylation sites is 2. The number of ether oxygens (including phenoxy) is 2. The molecule has 0 aliphatic carbocycles. The van der Waals surface area contributed by atoms with E-state index in [4.69, 9.17) is 13.9 Å². The molecular formula is C46H52N2O7. The Labute approximate surface area is 323 Å². The Kier molecular flexibility index (Phi) is 12.8. The fourth-order valence-corrected chi connectivity index (χ4v) is 6.60. The van der Waals surface area contributed by atoms with E-state index in [1.807, 2.05) is 91.9 Å². The number of carbonyl (C=O) groups is 4. The largest absolute Gasteiger partial charge is 0.460 e. The van der Waals surface area contributed by atoms with Gasteiger partial charge in [0.15, 0.2) is 11.4 Å². The average molecular weight is 745 g/mol. The Hall–Kier alpha value is -5.57. The minimum absolute atomic E-state index is 0.0433. The van der Waals surface area contributed by atoms with Crippen molar-refractivity contribution in [2.24, 2.45) is 5.92 Å². The van der Waals surface area contributed by atoms with E-state index >= 15 is 0 Å². The van der Waals surface area contributed by atoms with Crippen molar-refractivity contribution in [2.75, 3.05) is 0 Å². The number of hydrogen-bond acceptors (Lipinski definition) is 8. The van der Waals surface area contributed by atoms with Crippen molar-refractivity contribution < 1.29 is 33.1 Å². The highest BCUT2D eigenvalue weighted by molar-refractivity contribution is 5.94. The lowest BCUT2D eigenvalue weighted by Crippen LogP contribution is -2.43. The molecule has 288 valence electrons. The number of oxazole rings is 1. The van der Waals surface area contributed by atoms with Gasteiger partial charge in [-0.2, -0.15) is 0 Å². The number of Topliss-reactive ketones (excluding diaryl/α,β-unsaturated/α-hetero) is 1. The monoisotopic (exact) mass is 744 g/mol. The molecule has 1 heterocycles. The Bertz CT molecular complexity index is 2140. The van der Waals surface area contributed by atoms with Gasteiger partial charge in [-0.15, -0.1) is 0 Å². The predicted octanol–water partition coefficient (Wildman–Crippen LogP) is 9.87. The van der Waals surface area contributed by atoms with Crippen molar-refractivity contribution in [3.05, 3.63) is 120 Å². The molecule has 0 N–H and O–H groups in total. The van der Waals surface area contributed by atoms with E-state index in [9.17, 15) is 19.2 Å². The summed E-state index contributed by atoms with van der Waals surface area (Å²) in [4.78, 5) is 60.0. The minimum atomic E-state index is -1.07. The minimum Gasteiger partial charge on any atom is -0.460 e. The van der Waals surface area contributed by atoms with Crippen molar-refractivity contribution in [1.82, 2.24) is 9.88 Å². The molecular weight excluding hydrogens is 693 g/mol. The van der Waals surface area contributed by atoms with E-state index in [1.165, 1.54) is 6.92 Å². The molecule has 1 amide bonds. The van der Waals surface area contributed by atoms with E-state index in [1.54, 1.807) is 58.6 Å². The first kappa shape index (κ1) is 40.6. The number of benzene rings is 4. The van der Waals surface area contributed by atoms with Gasteiger partial charge in [0.25, 0.3) is 0 Å². The molecule has 0 aliphatic rings. The fraction of sp³-hybridized carbons (Fsp3) is 0.370. The molecule has 1 aromatic heterocycles. The molecule has 0 bridgehead atoms. The highest BCUT2D eigenvalue weighted by Gasteiger charge is 2.35. The second-order valence-electron chi connectivity index (χ2n) is 16.1. The number of esters is 2. The van der Waals surface area contributed by atoms with Crippen LogP contribution in [0.15, 0.2) is 101 Å². The zero-order valence-corrected chi connectivity index (χ0v) is 33.1. The molecule has 0 aliphatic heterocycles. The molecule has 3 unspecified atom stereocenters. The summed E-state index contributed by atoms with van der Waals surface area (Å²) in [5.41, 5.74) is 2.26. The molecule has 0 fully saturated rings. The number of hydrogen-bond donors (Lipinski definition) is 0. The van der Waals surface area contributed by atoms with Gasteiger partial charge < -0.3 is 18.8 Å². The van der Waals surface area contributed by atoms with Crippen LogP contribution in [0.1, 0.15) is 108 Å². The normalized spacial score (nSPS) is 13.7. The van der Waals surface area contributed by atoms with Gasteiger partial charge in [-0.25, -0.2) is 4.98 Å². The predicted molar refractivity (Wildman–Crippen MR) is 215 cm³/mol. The topological polar surface area (TPSA) is 116 Å². The summed E-state index contributed by atoms with van der Waals surface area (Å²) < 4.78 is 17.3. The number of nitrogens with zero attached hydrogens (tertiary/aromatic N) is 2. The zero-order valence-electron chi connectivity index (χ0n) is 33.1. The third kappa shape index (κ3) is 11.5. The Balaban J connectivity index is 1.52. The molecule has 0 spiro atoms. The van der Waals surface area contributed by atoms with Crippen molar-refractivity contribution in [1.29, 1.82) is 0 Å². The van der Waals surface area contributed by atoms with Gasteiger partial charge >= 0.3 is 11.9 Å². The van der Waals surface area contributed by atoms with Crippen LogP contribution in [0.4, 0.5) is 0 Å². The van der Waals surface area contributed by atoms with E-state index in [-0.39, 0.29) is 37.0 Å². The van der Waals surface area contributed by atoms with Gasteiger partial charge in [-0.1, -0.05) is 78.9 Å². The first-order valence-electron chi connectivity index (χ1n) is 18.8. The number of ketones is 1. The third-order valence-electron chi connectivity index (χ3n) is 9.26. The van der Waals surface area contributed by atoms with Gasteiger partial charge in [0.05, 0.1) is 12.3 Å². The summed E-state index contributed by atoms with van der Waals surface area (Å²) in [5.74, 6) is -2.43. The maximum absolute atomic E-state index is 14.8. The lowest BCUT2D eigenvalue weighted by molar-refractivity contribution is -0.168. The van der Waals surface area contributed by atoms with E-state index in [0.717, 1.165) is 27.4 Å². The van der Waals surface area contributed by atoms with Gasteiger partial charge in [0.1, 0.15) is 16.7 Å². The van der Waals surface area contributed by atoms with Crippen molar-refractivity contribution in [3.63, 3.8) is 0 Å². The van der Waals surface area contributed by atoms with E-state index in [0.29, 0.717) is 23.5 Å².